The highest BCUT2D eigenvalue weighted by molar-refractivity contribution is 9.10. The molecule has 0 aliphatic carbocycles. The van der Waals surface area contributed by atoms with Crippen molar-refractivity contribution in [2.45, 2.75) is 12.2 Å². The van der Waals surface area contributed by atoms with E-state index in [4.69, 9.17) is 0 Å². The van der Waals surface area contributed by atoms with E-state index >= 15 is 0 Å². The van der Waals surface area contributed by atoms with Gasteiger partial charge >= 0.3 is 0 Å². The predicted octanol–water partition coefficient (Wildman–Crippen LogP) is 1.46. The maximum Gasteiger partial charge on any atom is 0.249 e. The van der Waals surface area contributed by atoms with Gasteiger partial charge in [-0.15, -0.1) is 0 Å². The highest BCUT2D eigenvalue weighted by atomic mass is 79.9. The molecule has 1 aliphatic heterocycles. The Morgan fingerprint density at radius 2 is 1.88 bits per heavy atom. The fourth-order valence-corrected chi connectivity index (χ4v) is 2.81. The van der Waals surface area contributed by atoms with Gasteiger partial charge in [-0.1, -0.05) is 15.9 Å². The maximum atomic E-state index is 11.9. The normalized spacial score (nSPS) is 25.2. The number of hydrogen-bond acceptors (Lipinski definition) is 3. The Bertz CT molecular complexity index is 500. The van der Waals surface area contributed by atoms with E-state index in [2.05, 4.69) is 15.9 Å². The molecule has 2 atom stereocenters. The van der Waals surface area contributed by atoms with Gasteiger partial charge in [0.05, 0.1) is 5.69 Å². The quantitative estimate of drug-likeness (QED) is 0.737. The van der Waals surface area contributed by atoms with Crippen molar-refractivity contribution >= 4 is 44.2 Å². The molecule has 2 rings (SSSR count). The van der Waals surface area contributed by atoms with Gasteiger partial charge in [-0.05, 0) is 31.2 Å². The van der Waals surface area contributed by atoms with Crippen molar-refractivity contribution in [2.75, 3.05) is 10.7 Å². The molecule has 0 aromatic heterocycles. The lowest BCUT2D eigenvalue weighted by Gasteiger charge is -2.28. The summed E-state index contributed by atoms with van der Waals surface area (Å²) in [6.45, 7) is 1.58. The maximum absolute atomic E-state index is 11.9. The van der Waals surface area contributed by atoms with Gasteiger partial charge < -0.3 is 0 Å². The molecule has 0 bridgehead atoms. The number of carbonyl (C=O) groups is 2. The smallest absolute Gasteiger partial charge is 0.249 e. The summed E-state index contributed by atoms with van der Waals surface area (Å²) in [5.74, 6) is -0.904. The van der Waals surface area contributed by atoms with Crippen molar-refractivity contribution in [3.8, 4) is 0 Å². The minimum absolute atomic E-state index is 0.0943. The Labute approximate surface area is 110 Å². The highest BCUT2D eigenvalue weighted by Gasteiger charge is 2.37. The van der Waals surface area contributed by atoms with E-state index in [0.717, 1.165) is 9.37 Å². The summed E-state index contributed by atoms with van der Waals surface area (Å²) >= 11 is 3.28. The summed E-state index contributed by atoms with van der Waals surface area (Å²) < 4.78 is 12.4. The molecule has 17 heavy (non-hydrogen) atoms. The standard InChI is InChI=1S/C11H10BrNO3S/c1-7-11(15)13(10(14)6-17(7)16)9-4-2-8(12)3-5-9/h2-5,7H,6H2,1H3/t7-,17-/m0/s1. The van der Waals surface area contributed by atoms with Gasteiger partial charge in [0.2, 0.25) is 11.8 Å². The summed E-state index contributed by atoms with van der Waals surface area (Å²) in [7, 11) is -1.39. The van der Waals surface area contributed by atoms with Crippen LogP contribution < -0.4 is 4.90 Å². The Balaban J connectivity index is 2.37. The zero-order valence-electron chi connectivity index (χ0n) is 9.05. The van der Waals surface area contributed by atoms with Crippen LogP contribution in [-0.2, 0) is 20.4 Å². The number of rotatable bonds is 1. The first-order valence-electron chi connectivity index (χ1n) is 5.00. The molecule has 6 heteroatoms. The molecule has 0 radical (unpaired) electrons. The fraction of sp³-hybridized carbons (Fsp3) is 0.273. The van der Waals surface area contributed by atoms with Crippen molar-refractivity contribution in [1.29, 1.82) is 0 Å². The van der Waals surface area contributed by atoms with Crippen LogP contribution in [0.2, 0.25) is 0 Å². The van der Waals surface area contributed by atoms with Crippen molar-refractivity contribution in [3.05, 3.63) is 28.7 Å². The van der Waals surface area contributed by atoms with Crippen molar-refractivity contribution in [1.82, 2.24) is 0 Å². The molecule has 1 heterocycles. The van der Waals surface area contributed by atoms with Crippen LogP contribution in [0.25, 0.3) is 0 Å². The van der Waals surface area contributed by atoms with Crippen LogP contribution in [-0.4, -0.2) is 27.0 Å². The third-order valence-electron chi connectivity index (χ3n) is 2.56. The SMILES string of the molecule is C[C@H]1C(=O)N(c2ccc(Br)cc2)C(=O)C[S@@]1=O. The number of carbonyl (C=O) groups excluding carboxylic acids is 2. The predicted molar refractivity (Wildman–Crippen MR) is 69.1 cm³/mol. The molecule has 90 valence electrons. The van der Waals surface area contributed by atoms with Crippen LogP contribution in [0.5, 0.6) is 0 Å². The van der Waals surface area contributed by atoms with E-state index in [1.54, 1.807) is 31.2 Å². The van der Waals surface area contributed by atoms with Crippen LogP contribution in [0, 0.1) is 0 Å². The van der Waals surface area contributed by atoms with Crippen LogP contribution in [0.3, 0.4) is 0 Å². The monoisotopic (exact) mass is 315 g/mol. The van der Waals surface area contributed by atoms with Crippen molar-refractivity contribution < 1.29 is 13.8 Å². The molecule has 1 aromatic carbocycles. The van der Waals surface area contributed by atoms with E-state index in [1.807, 2.05) is 0 Å². The van der Waals surface area contributed by atoms with Gasteiger partial charge in [0.1, 0.15) is 11.0 Å². The second-order valence-corrected chi connectivity index (χ2v) is 6.38. The summed E-state index contributed by atoms with van der Waals surface area (Å²) in [4.78, 5) is 24.8. The molecule has 0 spiro atoms. The summed E-state index contributed by atoms with van der Waals surface area (Å²) in [6.07, 6.45) is 0. The average molecular weight is 316 g/mol. The Morgan fingerprint density at radius 3 is 2.47 bits per heavy atom. The first kappa shape index (κ1) is 12.4. The van der Waals surface area contributed by atoms with E-state index in [1.165, 1.54) is 0 Å². The van der Waals surface area contributed by atoms with Crippen LogP contribution in [0.15, 0.2) is 28.7 Å². The van der Waals surface area contributed by atoms with Crippen LogP contribution in [0.4, 0.5) is 5.69 Å². The van der Waals surface area contributed by atoms with E-state index in [0.29, 0.717) is 5.69 Å². The van der Waals surface area contributed by atoms with Crippen LogP contribution in [0.1, 0.15) is 6.92 Å². The first-order chi connectivity index (χ1) is 8.00. The average Bonchev–Trinajstić information content (AvgIpc) is 2.29. The Kier molecular flexibility index (Phi) is 3.44. The summed E-state index contributed by atoms with van der Waals surface area (Å²) in [5.41, 5.74) is 0.520. The molecule has 1 fully saturated rings. The number of halogens is 1. The molecular weight excluding hydrogens is 306 g/mol. The van der Waals surface area contributed by atoms with Gasteiger partial charge in [0, 0.05) is 15.3 Å². The lowest BCUT2D eigenvalue weighted by molar-refractivity contribution is -0.125. The number of benzene rings is 1. The third kappa shape index (κ3) is 2.32. The molecular formula is C11H10BrNO3S. The summed E-state index contributed by atoms with van der Waals surface area (Å²) in [5, 5.41) is -0.628. The van der Waals surface area contributed by atoms with Gasteiger partial charge in [-0.25, -0.2) is 4.90 Å². The largest absolute Gasteiger partial charge is 0.273 e. The molecule has 1 aromatic rings. The van der Waals surface area contributed by atoms with Crippen LogP contribution >= 0.6 is 15.9 Å². The Morgan fingerprint density at radius 1 is 1.29 bits per heavy atom. The number of nitrogens with zero attached hydrogens (tertiary/aromatic N) is 1. The van der Waals surface area contributed by atoms with Crippen molar-refractivity contribution in [3.63, 3.8) is 0 Å². The first-order valence-corrected chi connectivity index (χ1v) is 7.18. The highest BCUT2D eigenvalue weighted by Crippen LogP contribution is 2.23. The zero-order valence-corrected chi connectivity index (χ0v) is 11.5. The third-order valence-corrected chi connectivity index (χ3v) is 4.61. The van der Waals surface area contributed by atoms with Gasteiger partial charge in [0.15, 0.2) is 0 Å². The zero-order chi connectivity index (χ0) is 12.6. The lowest BCUT2D eigenvalue weighted by atomic mass is 10.2. The van der Waals surface area contributed by atoms with Gasteiger partial charge in [-0.2, -0.15) is 0 Å². The van der Waals surface area contributed by atoms with Gasteiger partial charge in [-0.3, -0.25) is 13.8 Å². The number of amides is 2. The fourth-order valence-electron chi connectivity index (χ4n) is 1.59. The minimum Gasteiger partial charge on any atom is -0.273 e. The molecule has 0 saturated carbocycles. The molecule has 1 saturated heterocycles. The van der Waals surface area contributed by atoms with Gasteiger partial charge in [0.25, 0.3) is 0 Å². The molecule has 2 amide bonds. The number of imide groups is 1. The number of hydrogen-bond donors (Lipinski definition) is 0. The lowest BCUT2D eigenvalue weighted by Crippen LogP contribution is -2.51. The van der Waals surface area contributed by atoms with E-state index < -0.39 is 27.9 Å². The van der Waals surface area contributed by atoms with E-state index in [-0.39, 0.29) is 5.75 Å². The molecule has 0 unspecified atom stereocenters. The molecule has 0 N–H and O–H groups in total. The molecule has 4 nitrogen and oxygen atoms in total. The molecule has 1 aliphatic rings. The van der Waals surface area contributed by atoms with E-state index in [9.17, 15) is 13.8 Å². The Hall–Kier alpha value is -1.01. The second kappa shape index (κ2) is 4.70. The minimum atomic E-state index is -1.39. The summed E-state index contributed by atoms with van der Waals surface area (Å²) in [6, 6.07) is 6.87. The second-order valence-electron chi connectivity index (χ2n) is 3.71. The topological polar surface area (TPSA) is 54.5 Å². The number of anilines is 1. The van der Waals surface area contributed by atoms with Crippen molar-refractivity contribution in [2.24, 2.45) is 0 Å².